The Bertz CT molecular complexity index is 412. The molecule has 0 saturated carbocycles. The maximum Gasteiger partial charge on any atom is 0.244 e. The van der Waals surface area contributed by atoms with E-state index in [9.17, 15) is 9.90 Å². The highest BCUT2D eigenvalue weighted by molar-refractivity contribution is 5.75. The van der Waals surface area contributed by atoms with E-state index in [2.05, 4.69) is 24.2 Å². The number of carbonyl (C=O) groups is 1. The molecule has 120 valence electrons. The highest BCUT2D eigenvalue weighted by Crippen LogP contribution is 2.12. The van der Waals surface area contributed by atoms with E-state index in [1.54, 1.807) is 6.20 Å². The van der Waals surface area contributed by atoms with Gasteiger partial charge in [0.1, 0.15) is 12.2 Å². The number of carbonyl (C=O) groups excluding carboxylic acids is 1. The molecule has 1 heterocycles. The molecule has 6 nitrogen and oxygen atoms in total. The van der Waals surface area contributed by atoms with Gasteiger partial charge in [0.15, 0.2) is 0 Å². The zero-order chi connectivity index (χ0) is 15.7. The Labute approximate surface area is 127 Å². The Morgan fingerprint density at radius 1 is 1.29 bits per heavy atom. The van der Waals surface area contributed by atoms with Crippen molar-refractivity contribution in [3.63, 3.8) is 0 Å². The van der Waals surface area contributed by atoms with Crippen LogP contribution in [0.2, 0.25) is 0 Å². The topological polar surface area (TPSA) is 71.2 Å². The molecular formula is C15H28N4O2. The fraction of sp³-hybridized carbons (Fsp3) is 0.800. The van der Waals surface area contributed by atoms with Gasteiger partial charge in [0.2, 0.25) is 5.91 Å². The van der Waals surface area contributed by atoms with Crippen molar-refractivity contribution in [2.24, 2.45) is 0 Å². The number of amides is 1. The Balaban J connectivity index is 2.60. The van der Waals surface area contributed by atoms with Crippen molar-refractivity contribution in [3.8, 4) is 0 Å². The van der Waals surface area contributed by atoms with Gasteiger partial charge in [-0.05, 0) is 19.3 Å². The summed E-state index contributed by atoms with van der Waals surface area (Å²) >= 11 is 0. The third-order valence-electron chi connectivity index (χ3n) is 3.50. The Hall–Kier alpha value is -1.43. The molecule has 1 aromatic heterocycles. The first-order valence-electron chi connectivity index (χ1n) is 7.98. The molecule has 0 radical (unpaired) electrons. The Morgan fingerprint density at radius 2 is 1.90 bits per heavy atom. The number of nitrogens with zero attached hydrogens (tertiary/aromatic N) is 4. The van der Waals surface area contributed by atoms with Gasteiger partial charge < -0.3 is 10.0 Å². The third kappa shape index (κ3) is 5.83. The lowest BCUT2D eigenvalue weighted by molar-refractivity contribution is -0.132. The first-order valence-corrected chi connectivity index (χ1v) is 7.98. The predicted molar refractivity (Wildman–Crippen MR) is 81.7 cm³/mol. The van der Waals surface area contributed by atoms with Crippen molar-refractivity contribution in [2.75, 3.05) is 13.1 Å². The number of rotatable bonds is 10. The Morgan fingerprint density at radius 3 is 2.43 bits per heavy atom. The summed E-state index contributed by atoms with van der Waals surface area (Å²) in [6, 6.07) is 0. The minimum Gasteiger partial charge on any atom is -0.387 e. The highest BCUT2D eigenvalue weighted by atomic mass is 16.3. The van der Waals surface area contributed by atoms with Crippen LogP contribution in [-0.2, 0) is 11.3 Å². The van der Waals surface area contributed by atoms with Crippen LogP contribution in [0.3, 0.4) is 0 Å². The average molecular weight is 296 g/mol. The molecule has 0 bridgehead atoms. The van der Waals surface area contributed by atoms with Gasteiger partial charge in [-0.2, -0.15) is 0 Å². The normalized spacial score (nSPS) is 12.4. The van der Waals surface area contributed by atoms with E-state index in [0.717, 1.165) is 38.8 Å². The summed E-state index contributed by atoms with van der Waals surface area (Å²) in [5, 5.41) is 17.6. The summed E-state index contributed by atoms with van der Waals surface area (Å²) in [7, 11) is 0. The molecular weight excluding hydrogens is 268 g/mol. The van der Waals surface area contributed by atoms with E-state index in [-0.39, 0.29) is 12.5 Å². The van der Waals surface area contributed by atoms with Gasteiger partial charge in [0.05, 0.1) is 12.3 Å². The molecule has 0 aliphatic heterocycles. The van der Waals surface area contributed by atoms with Crippen LogP contribution >= 0.6 is 0 Å². The smallest absolute Gasteiger partial charge is 0.244 e. The van der Waals surface area contributed by atoms with Crippen molar-refractivity contribution in [1.29, 1.82) is 0 Å². The molecule has 0 fully saturated rings. The van der Waals surface area contributed by atoms with Crippen molar-refractivity contribution >= 4 is 5.91 Å². The molecule has 1 atom stereocenters. The number of aliphatic hydroxyl groups is 1. The second kappa shape index (κ2) is 9.50. The lowest BCUT2D eigenvalue weighted by atomic mass is 10.2. The molecule has 1 rings (SSSR count). The second-order valence-electron chi connectivity index (χ2n) is 5.35. The quantitative estimate of drug-likeness (QED) is 0.718. The van der Waals surface area contributed by atoms with Gasteiger partial charge in [0, 0.05) is 13.1 Å². The monoisotopic (exact) mass is 296 g/mol. The fourth-order valence-corrected chi connectivity index (χ4v) is 2.05. The van der Waals surface area contributed by atoms with E-state index in [1.807, 2.05) is 11.8 Å². The zero-order valence-electron chi connectivity index (χ0n) is 13.5. The number of hydrogen-bond donors (Lipinski definition) is 1. The molecule has 21 heavy (non-hydrogen) atoms. The van der Waals surface area contributed by atoms with Crippen LogP contribution < -0.4 is 0 Å². The highest BCUT2D eigenvalue weighted by Gasteiger charge is 2.15. The summed E-state index contributed by atoms with van der Waals surface area (Å²) < 4.78 is 1.52. The first-order chi connectivity index (χ1) is 10.1. The van der Waals surface area contributed by atoms with Crippen LogP contribution in [-0.4, -0.2) is 44.0 Å². The summed E-state index contributed by atoms with van der Waals surface area (Å²) in [5.41, 5.74) is 0.527. The molecule has 0 aromatic carbocycles. The van der Waals surface area contributed by atoms with Gasteiger partial charge in [0.25, 0.3) is 0 Å². The number of aliphatic hydroxyl groups excluding tert-OH is 1. The van der Waals surface area contributed by atoms with Gasteiger partial charge >= 0.3 is 0 Å². The molecule has 1 N–H and O–H groups in total. The molecule has 6 heteroatoms. The molecule has 1 unspecified atom stereocenters. The van der Waals surface area contributed by atoms with E-state index < -0.39 is 6.10 Å². The van der Waals surface area contributed by atoms with Crippen LogP contribution in [0.5, 0.6) is 0 Å². The minimum absolute atomic E-state index is 0.0688. The molecule has 0 spiro atoms. The van der Waals surface area contributed by atoms with Crippen LogP contribution in [0.4, 0.5) is 0 Å². The van der Waals surface area contributed by atoms with Gasteiger partial charge in [-0.1, -0.05) is 38.8 Å². The van der Waals surface area contributed by atoms with Crippen molar-refractivity contribution in [2.45, 2.75) is 65.5 Å². The van der Waals surface area contributed by atoms with Gasteiger partial charge in [-0.15, -0.1) is 5.10 Å². The molecule has 0 aliphatic rings. The largest absolute Gasteiger partial charge is 0.387 e. The van der Waals surface area contributed by atoms with E-state index in [4.69, 9.17) is 0 Å². The lowest BCUT2D eigenvalue weighted by Gasteiger charge is -2.22. The lowest BCUT2D eigenvalue weighted by Crippen LogP contribution is -2.35. The predicted octanol–water partition coefficient (Wildman–Crippen LogP) is 2.15. The van der Waals surface area contributed by atoms with Gasteiger partial charge in [-0.3, -0.25) is 4.79 Å². The molecule has 1 aromatic rings. The van der Waals surface area contributed by atoms with E-state index >= 15 is 0 Å². The number of unbranched alkanes of at least 4 members (excludes halogenated alkanes) is 2. The SMILES string of the molecule is CCCCN(CCCC)C(=O)Cn1cc(C(O)CC)nn1. The maximum atomic E-state index is 12.3. The van der Waals surface area contributed by atoms with Gasteiger partial charge in [-0.25, -0.2) is 4.68 Å². The minimum atomic E-state index is -0.606. The zero-order valence-corrected chi connectivity index (χ0v) is 13.5. The Kier molecular flexibility index (Phi) is 7.97. The molecule has 0 saturated heterocycles. The standard InChI is InChI=1S/C15H28N4O2/c1-4-7-9-18(10-8-5-2)15(21)12-19-11-13(16-17-19)14(20)6-3/h11,14,20H,4-10,12H2,1-3H3. The second-order valence-corrected chi connectivity index (χ2v) is 5.35. The van der Waals surface area contributed by atoms with Crippen LogP contribution in [0, 0.1) is 0 Å². The summed E-state index contributed by atoms with van der Waals surface area (Å²) in [4.78, 5) is 14.3. The van der Waals surface area contributed by atoms with E-state index in [1.165, 1.54) is 4.68 Å². The number of hydrogen-bond acceptors (Lipinski definition) is 4. The first kappa shape index (κ1) is 17.6. The van der Waals surface area contributed by atoms with Crippen molar-refractivity contribution < 1.29 is 9.90 Å². The van der Waals surface area contributed by atoms with Crippen LogP contribution in [0.15, 0.2) is 6.20 Å². The van der Waals surface area contributed by atoms with Crippen molar-refractivity contribution in [3.05, 3.63) is 11.9 Å². The fourth-order valence-electron chi connectivity index (χ4n) is 2.05. The average Bonchev–Trinajstić information content (AvgIpc) is 2.95. The van der Waals surface area contributed by atoms with E-state index in [0.29, 0.717) is 12.1 Å². The van der Waals surface area contributed by atoms with Crippen molar-refractivity contribution in [1.82, 2.24) is 19.9 Å². The summed E-state index contributed by atoms with van der Waals surface area (Å²) in [5.74, 6) is 0.0688. The maximum absolute atomic E-state index is 12.3. The van der Waals surface area contributed by atoms with Crippen LogP contribution in [0.1, 0.15) is 64.7 Å². The molecule has 0 aliphatic carbocycles. The third-order valence-corrected chi connectivity index (χ3v) is 3.50. The molecule has 1 amide bonds. The number of aromatic nitrogens is 3. The van der Waals surface area contributed by atoms with Crippen LogP contribution in [0.25, 0.3) is 0 Å². The summed E-state index contributed by atoms with van der Waals surface area (Å²) in [6.45, 7) is 7.92. The summed E-state index contributed by atoms with van der Waals surface area (Å²) in [6.07, 6.45) is 5.83.